The Morgan fingerprint density at radius 3 is 2.68 bits per heavy atom. The van der Waals surface area contributed by atoms with E-state index in [0.717, 1.165) is 15.3 Å². The first-order valence-electron chi connectivity index (χ1n) is 7.50. The molecule has 0 aromatic carbocycles. The zero-order valence-electron chi connectivity index (χ0n) is 12.8. The van der Waals surface area contributed by atoms with Crippen molar-refractivity contribution in [3.63, 3.8) is 0 Å². The monoisotopic (exact) mass is 372 g/mol. The van der Waals surface area contributed by atoms with Gasteiger partial charge in [0.2, 0.25) is 6.33 Å². The molecule has 3 heterocycles. The molecule has 0 amide bonds. The molecule has 2 unspecified atom stereocenters. The van der Waals surface area contributed by atoms with Crippen LogP contribution in [0.2, 0.25) is 0 Å². The fourth-order valence-corrected chi connectivity index (χ4v) is 4.67. The van der Waals surface area contributed by atoms with Gasteiger partial charge < -0.3 is 10.1 Å². The van der Waals surface area contributed by atoms with Crippen molar-refractivity contribution in [2.24, 2.45) is 0 Å². The molecule has 0 aliphatic heterocycles. The Kier molecular flexibility index (Phi) is 4.02. The summed E-state index contributed by atoms with van der Waals surface area (Å²) in [7, 11) is 0. The SMILES string of the molecule is O=C1C=C(c2cccs2)CC(c2cccs2)C1n1cnc([N+](=O)[O-])n1. The Morgan fingerprint density at radius 1 is 1.24 bits per heavy atom. The van der Waals surface area contributed by atoms with Crippen molar-refractivity contribution in [1.29, 1.82) is 0 Å². The number of aromatic nitrogens is 3. The average Bonchev–Trinajstić information content (AvgIpc) is 3.34. The van der Waals surface area contributed by atoms with Crippen LogP contribution in [-0.4, -0.2) is 25.5 Å². The number of carbonyl (C=O) groups excluding carboxylic acids is 1. The topological polar surface area (TPSA) is 90.9 Å². The minimum Gasteiger partial charge on any atom is -0.390 e. The zero-order chi connectivity index (χ0) is 17.4. The number of ketones is 1. The highest BCUT2D eigenvalue weighted by molar-refractivity contribution is 7.11. The van der Waals surface area contributed by atoms with Gasteiger partial charge in [-0.3, -0.25) is 4.79 Å². The van der Waals surface area contributed by atoms with Crippen LogP contribution in [0.5, 0.6) is 0 Å². The summed E-state index contributed by atoms with van der Waals surface area (Å²) in [4.78, 5) is 28.9. The number of hydrogen-bond donors (Lipinski definition) is 0. The largest absolute Gasteiger partial charge is 0.490 e. The van der Waals surface area contributed by atoms with Crippen molar-refractivity contribution in [3.8, 4) is 0 Å². The van der Waals surface area contributed by atoms with Gasteiger partial charge in [-0.25, -0.2) is 0 Å². The molecule has 3 aromatic rings. The van der Waals surface area contributed by atoms with E-state index < -0.39 is 16.9 Å². The van der Waals surface area contributed by atoms with Crippen molar-refractivity contribution in [1.82, 2.24) is 14.8 Å². The van der Waals surface area contributed by atoms with Crippen molar-refractivity contribution < 1.29 is 9.72 Å². The first-order chi connectivity index (χ1) is 12.1. The second kappa shape index (κ2) is 6.34. The summed E-state index contributed by atoms with van der Waals surface area (Å²) in [5, 5.41) is 18.7. The predicted octanol–water partition coefficient (Wildman–Crippen LogP) is 3.69. The van der Waals surface area contributed by atoms with Gasteiger partial charge in [-0.05, 0) is 45.9 Å². The highest BCUT2D eigenvalue weighted by atomic mass is 32.1. The van der Waals surface area contributed by atoms with Crippen LogP contribution in [-0.2, 0) is 4.79 Å². The molecule has 1 aliphatic carbocycles. The van der Waals surface area contributed by atoms with Gasteiger partial charge in [0, 0.05) is 20.8 Å². The Hall–Kier alpha value is -2.65. The van der Waals surface area contributed by atoms with Crippen LogP contribution >= 0.6 is 22.7 Å². The van der Waals surface area contributed by atoms with E-state index in [1.165, 1.54) is 11.0 Å². The van der Waals surface area contributed by atoms with Gasteiger partial charge in [0.25, 0.3) is 0 Å². The lowest BCUT2D eigenvalue weighted by atomic mass is 9.82. The van der Waals surface area contributed by atoms with Crippen LogP contribution in [0.3, 0.4) is 0 Å². The van der Waals surface area contributed by atoms with E-state index in [4.69, 9.17) is 0 Å². The maximum absolute atomic E-state index is 12.9. The van der Waals surface area contributed by atoms with E-state index in [-0.39, 0.29) is 11.7 Å². The van der Waals surface area contributed by atoms with Gasteiger partial charge >= 0.3 is 5.95 Å². The third kappa shape index (κ3) is 2.92. The number of rotatable bonds is 4. The number of carbonyl (C=O) groups is 1. The fourth-order valence-electron chi connectivity index (χ4n) is 3.05. The quantitative estimate of drug-likeness (QED) is 0.514. The van der Waals surface area contributed by atoms with E-state index in [1.54, 1.807) is 28.7 Å². The van der Waals surface area contributed by atoms with Crippen molar-refractivity contribution in [3.05, 3.63) is 67.3 Å². The van der Waals surface area contributed by atoms with Crippen LogP contribution in [0.4, 0.5) is 5.95 Å². The number of nitro groups is 1. The number of allylic oxidation sites excluding steroid dienone is 2. The third-order valence-electron chi connectivity index (χ3n) is 4.12. The predicted molar refractivity (Wildman–Crippen MR) is 94.7 cm³/mol. The van der Waals surface area contributed by atoms with Crippen LogP contribution in [0, 0.1) is 10.1 Å². The number of thiophene rings is 2. The molecule has 0 radical (unpaired) electrons. The van der Waals surface area contributed by atoms with Gasteiger partial charge in [0.05, 0.1) is 0 Å². The molecule has 0 fully saturated rings. The van der Waals surface area contributed by atoms with Gasteiger partial charge in [-0.2, -0.15) is 4.68 Å². The second-order valence-electron chi connectivity index (χ2n) is 5.60. The summed E-state index contributed by atoms with van der Waals surface area (Å²) in [6.07, 6.45) is 3.57. The summed E-state index contributed by atoms with van der Waals surface area (Å²) in [6.45, 7) is 0. The molecule has 0 saturated carbocycles. The smallest absolute Gasteiger partial charge is 0.390 e. The van der Waals surface area contributed by atoms with Gasteiger partial charge in [-0.1, -0.05) is 17.1 Å². The summed E-state index contributed by atoms with van der Waals surface area (Å²) < 4.78 is 1.33. The first kappa shape index (κ1) is 15.9. The van der Waals surface area contributed by atoms with Gasteiger partial charge in [0.15, 0.2) is 5.78 Å². The Labute approximate surface area is 150 Å². The molecule has 4 rings (SSSR count). The lowest BCUT2D eigenvalue weighted by Gasteiger charge is -2.27. The molecule has 9 heteroatoms. The molecule has 126 valence electrons. The molecular weight excluding hydrogens is 360 g/mol. The van der Waals surface area contributed by atoms with Crippen molar-refractivity contribution in [2.45, 2.75) is 18.4 Å². The highest BCUT2D eigenvalue weighted by Gasteiger charge is 2.38. The first-order valence-corrected chi connectivity index (χ1v) is 9.26. The van der Waals surface area contributed by atoms with E-state index in [2.05, 4.69) is 10.1 Å². The van der Waals surface area contributed by atoms with Crippen LogP contribution in [0.15, 0.2) is 47.4 Å². The molecular formula is C16H12N4O3S2. The molecule has 0 bridgehead atoms. The normalized spacial score (nSPS) is 20.5. The highest BCUT2D eigenvalue weighted by Crippen LogP contribution is 2.44. The number of hydrogen-bond acceptors (Lipinski definition) is 7. The molecule has 0 spiro atoms. The minimum atomic E-state index is -0.656. The summed E-state index contributed by atoms with van der Waals surface area (Å²) in [6, 6.07) is 7.25. The summed E-state index contributed by atoms with van der Waals surface area (Å²) in [5.41, 5.74) is 0.990. The third-order valence-corrected chi connectivity index (χ3v) is 6.07. The molecule has 25 heavy (non-hydrogen) atoms. The van der Waals surface area contributed by atoms with Crippen LogP contribution in [0.25, 0.3) is 5.57 Å². The van der Waals surface area contributed by atoms with E-state index in [9.17, 15) is 14.9 Å². The molecule has 2 atom stereocenters. The summed E-state index contributed by atoms with van der Waals surface area (Å²) in [5.74, 6) is -0.741. The molecule has 0 N–H and O–H groups in total. The zero-order valence-corrected chi connectivity index (χ0v) is 14.4. The average molecular weight is 372 g/mol. The maximum atomic E-state index is 12.9. The Bertz CT molecular complexity index is 944. The number of nitrogens with zero attached hydrogens (tertiary/aromatic N) is 4. The van der Waals surface area contributed by atoms with Crippen molar-refractivity contribution in [2.75, 3.05) is 0 Å². The lowest BCUT2D eigenvalue weighted by Crippen LogP contribution is -2.28. The van der Waals surface area contributed by atoms with E-state index >= 15 is 0 Å². The molecule has 1 aliphatic rings. The van der Waals surface area contributed by atoms with E-state index in [1.807, 2.05) is 35.0 Å². The fraction of sp³-hybridized carbons (Fsp3) is 0.188. The van der Waals surface area contributed by atoms with Crippen molar-refractivity contribution >= 4 is 40.0 Å². The molecule has 3 aromatic heterocycles. The van der Waals surface area contributed by atoms with Crippen LogP contribution in [0.1, 0.15) is 28.1 Å². The van der Waals surface area contributed by atoms with Gasteiger partial charge in [-0.15, -0.1) is 22.7 Å². The Morgan fingerprint density at radius 2 is 2.04 bits per heavy atom. The van der Waals surface area contributed by atoms with Crippen LogP contribution < -0.4 is 0 Å². The Balaban J connectivity index is 1.77. The maximum Gasteiger partial charge on any atom is 0.490 e. The van der Waals surface area contributed by atoms with E-state index in [0.29, 0.717) is 6.42 Å². The summed E-state index contributed by atoms with van der Waals surface area (Å²) >= 11 is 3.17. The second-order valence-corrected chi connectivity index (χ2v) is 7.53. The van der Waals surface area contributed by atoms with Gasteiger partial charge in [0.1, 0.15) is 6.04 Å². The molecule has 7 nitrogen and oxygen atoms in total. The molecule has 0 saturated heterocycles. The standard InChI is InChI=1S/C16H12N4O3S2/c21-12-8-10(13-3-1-5-24-13)7-11(14-4-2-6-25-14)15(12)19-9-17-16(18-19)20(22)23/h1-6,8-9,11,15H,7H2. The lowest BCUT2D eigenvalue weighted by molar-refractivity contribution is -0.394. The minimum absolute atomic E-state index is 0.118.